The van der Waals surface area contributed by atoms with Crippen LogP contribution in [0, 0.1) is 17.0 Å². The highest BCUT2D eigenvalue weighted by atomic mass is 19.1. The zero-order valence-electron chi connectivity index (χ0n) is 14.8. The normalized spacial score (nSPS) is 10.7. The molecule has 0 aliphatic rings. The van der Waals surface area contributed by atoms with E-state index in [-0.39, 0.29) is 23.6 Å². The van der Waals surface area contributed by atoms with Gasteiger partial charge in [-0.15, -0.1) is 6.58 Å². The Bertz CT molecular complexity index is 794. The second-order valence-corrected chi connectivity index (χ2v) is 5.88. The van der Waals surface area contributed by atoms with Gasteiger partial charge in [-0.25, -0.2) is 8.78 Å². The van der Waals surface area contributed by atoms with Crippen molar-refractivity contribution in [3.8, 4) is 11.5 Å². The molecule has 0 radical (unpaired) electrons. The molecule has 0 aromatic heterocycles. The number of anilines is 1. The molecule has 0 amide bonds. The third kappa shape index (κ3) is 6.58. The molecule has 2 aromatic carbocycles. The number of hydrogen-bond donors (Lipinski definition) is 3. The fraction of sp³-hybridized carbons (Fsp3) is 0.190. The average molecular weight is 372 g/mol. The number of halogens is 2. The van der Waals surface area contributed by atoms with E-state index in [1.807, 2.05) is 0 Å². The number of phenols is 1. The van der Waals surface area contributed by atoms with Gasteiger partial charge in [0.05, 0.1) is 5.56 Å². The van der Waals surface area contributed by atoms with E-state index in [0.717, 1.165) is 0 Å². The maximum atomic E-state index is 14.2. The molecule has 3 N–H and O–H groups in total. The molecule has 142 valence electrons. The van der Waals surface area contributed by atoms with Crippen LogP contribution in [0.15, 0.2) is 61.3 Å². The predicted octanol–water partition coefficient (Wildman–Crippen LogP) is 5.55. The van der Waals surface area contributed by atoms with Crippen LogP contribution in [0.2, 0.25) is 0 Å². The molecule has 0 fully saturated rings. The first-order chi connectivity index (χ1) is 13.0. The van der Waals surface area contributed by atoms with Gasteiger partial charge in [-0.1, -0.05) is 12.2 Å². The maximum absolute atomic E-state index is 14.2. The smallest absolute Gasteiger partial charge is 0.134 e. The van der Waals surface area contributed by atoms with E-state index in [1.165, 1.54) is 36.4 Å². The first-order valence-corrected chi connectivity index (χ1v) is 8.48. The molecule has 0 saturated carbocycles. The Kier molecular flexibility index (Phi) is 7.55. The number of nitrogens with one attached hydrogen (secondary N) is 2. The van der Waals surface area contributed by atoms with Crippen molar-refractivity contribution in [2.24, 2.45) is 0 Å². The first kappa shape index (κ1) is 20.2. The standard InChI is InChI=1S/C21H22F2N2O2/c1-2-5-15(24)6-3-4-11-25-16-12-20(22)19(21(23)13-16)14-27-18-9-7-17(26)8-10-18/h2,4,7-13,24-26H,1,3,5-6,14H2/b11-4+,24-15?. The minimum Gasteiger partial charge on any atom is -0.508 e. The molecule has 27 heavy (non-hydrogen) atoms. The Labute approximate surface area is 157 Å². The molecular formula is C21H22F2N2O2. The van der Waals surface area contributed by atoms with Crippen LogP contribution in [0.4, 0.5) is 14.5 Å². The average Bonchev–Trinajstić information content (AvgIpc) is 2.62. The van der Waals surface area contributed by atoms with Crippen molar-refractivity contribution < 1.29 is 18.6 Å². The highest BCUT2D eigenvalue weighted by Gasteiger charge is 2.12. The number of phenolic OH excluding ortho intramolecular Hbond substituents is 1. The Hall–Kier alpha value is -3.15. The predicted molar refractivity (Wildman–Crippen MR) is 103 cm³/mol. The van der Waals surface area contributed by atoms with Gasteiger partial charge >= 0.3 is 0 Å². The second-order valence-electron chi connectivity index (χ2n) is 5.88. The van der Waals surface area contributed by atoms with Crippen molar-refractivity contribution in [3.63, 3.8) is 0 Å². The summed E-state index contributed by atoms with van der Waals surface area (Å²) in [5.74, 6) is -0.936. The molecule has 0 unspecified atom stereocenters. The van der Waals surface area contributed by atoms with Gasteiger partial charge in [0.15, 0.2) is 0 Å². The largest absolute Gasteiger partial charge is 0.508 e. The van der Waals surface area contributed by atoms with Gasteiger partial charge in [0.2, 0.25) is 0 Å². The lowest BCUT2D eigenvalue weighted by atomic mass is 10.1. The zero-order valence-corrected chi connectivity index (χ0v) is 14.8. The third-order valence-corrected chi connectivity index (χ3v) is 3.73. The van der Waals surface area contributed by atoms with Crippen LogP contribution in [0.1, 0.15) is 24.8 Å². The molecule has 4 nitrogen and oxygen atoms in total. The second kappa shape index (κ2) is 10.1. The molecule has 6 heteroatoms. The highest BCUT2D eigenvalue weighted by molar-refractivity contribution is 5.82. The van der Waals surface area contributed by atoms with Crippen LogP contribution < -0.4 is 10.1 Å². The van der Waals surface area contributed by atoms with Crippen LogP contribution in [0.5, 0.6) is 11.5 Å². The molecule has 0 atom stereocenters. The van der Waals surface area contributed by atoms with Crippen molar-refractivity contribution in [2.75, 3.05) is 5.32 Å². The van der Waals surface area contributed by atoms with Gasteiger partial charge in [0.1, 0.15) is 29.7 Å². The fourth-order valence-electron chi connectivity index (χ4n) is 2.29. The van der Waals surface area contributed by atoms with Crippen molar-refractivity contribution >= 4 is 11.4 Å². The van der Waals surface area contributed by atoms with Crippen molar-refractivity contribution in [1.29, 1.82) is 5.41 Å². The Morgan fingerprint density at radius 1 is 1.19 bits per heavy atom. The molecular weight excluding hydrogens is 350 g/mol. The molecule has 0 aliphatic heterocycles. The molecule has 0 aliphatic carbocycles. The van der Waals surface area contributed by atoms with Crippen molar-refractivity contribution in [3.05, 3.63) is 78.5 Å². The summed E-state index contributed by atoms with van der Waals surface area (Å²) in [5, 5.41) is 19.7. The van der Waals surface area contributed by atoms with Gasteiger partial charge < -0.3 is 20.6 Å². The molecule has 2 aromatic rings. The van der Waals surface area contributed by atoms with E-state index in [4.69, 9.17) is 10.1 Å². The van der Waals surface area contributed by atoms with E-state index in [2.05, 4.69) is 11.9 Å². The summed E-state index contributed by atoms with van der Waals surface area (Å²) in [6, 6.07) is 8.28. The van der Waals surface area contributed by atoms with E-state index in [9.17, 15) is 13.9 Å². The lowest BCUT2D eigenvalue weighted by Crippen LogP contribution is -2.03. The van der Waals surface area contributed by atoms with Gasteiger partial charge in [0, 0.05) is 17.8 Å². The van der Waals surface area contributed by atoms with Crippen LogP contribution in [0.3, 0.4) is 0 Å². The third-order valence-electron chi connectivity index (χ3n) is 3.73. The number of ether oxygens (including phenoxy) is 1. The fourth-order valence-corrected chi connectivity index (χ4v) is 2.29. The van der Waals surface area contributed by atoms with Gasteiger partial charge in [-0.2, -0.15) is 0 Å². The van der Waals surface area contributed by atoms with Crippen molar-refractivity contribution in [2.45, 2.75) is 25.9 Å². The van der Waals surface area contributed by atoms with Gasteiger partial charge in [-0.3, -0.25) is 0 Å². The van der Waals surface area contributed by atoms with E-state index >= 15 is 0 Å². The van der Waals surface area contributed by atoms with E-state index in [0.29, 0.717) is 30.7 Å². The molecule has 0 heterocycles. The summed E-state index contributed by atoms with van der Waals surface area (Å²) in [5.41, 5.74) is 0.705. The summed E-state index contributed by atoms with van der Waals surface area (Å²) in [6.45, 7) is 3.32. The topological polar surface area (TPSA) is 65.3 Å². The summed E-state index contributed by atoms with van der Waals surface area (Å²) in [7, 11) is 0. The summed E-state index contributed by atoms with van der Waals surface area (Å²) in [4.78, 5) is 0. The number of aromatic hydroxyl groups is 1. The SMILES string of the molecule is C=CCC(=N)CC/C=C/Nc1cc(F)c(COc2ccc(O)cc2)c(F)c1. The van der Waals surface area contributed by atoms with E-state index < -0.39 is 11.6 Å². The lowest BCUT2D eigenvalue weighted by molar-refractivity contribution is 0.292. The Morgan fingerprint density at radius 2 is 1.85 bits per heavy atom. The zero-order chi connectivity index (χ0) is 19.6. The van der Waals surface area contributed by atoms with Crippen molar-refractivity contribution in [1.82, 2.24) is 0 Å². The van der Waals surface area contributed by atoms with Gasteiger partial charge in [0.25, 0.3) is 0 Å². The van der Waals surface area contributed by atoms with Crippen LogP contribution in [0.25, 0.3) is 0 Å². The summed E-state index contributed by atoms with van der Waals surface area (Å²) >= 11 is 0. The Morgan fingerprint density at radius 3 is 2.48 bits per heavy atom. The maximum Gasteiger partial charge on any atom is 0.134 e. The van der Waals surface area contributed by atoms with Crippen LogP contribution in [-0.2, 0) is 6.61 Å². The quantitative estimate of drug-likeness (QED) is 0.378. The minimum atomic E-state index is -0.711. The number of rotatable bonds is 10. The Balaban J connectivity index is 1.90. The number of allylic oxidation sites excluding steroid dienone is 2. The monoisotopic (exact) mass is 372 g/mol. The molecule has 0 spiro atoms. The summed E-state index contributed by atoms with van der Waals surface area (Å²) in [6.07, 6.45) is 6.91. The van der Waals surface area contributed by atoms with Crippen LogP contribution >= 0.6 is 0 Å². The molecule has 0 saturated heterocycles. The number of benzene rings is 2. The first-order valence-electron chi connectivity index (χ1n) is 8.48. The lowest BCUT2D eigenvalue weighted by Gasteiger charge is -2.10. The minimum absolute atomic E-state index is 0.0840. The number of hydrogen-bond acceptors (Lipinski definition) is 4. The van der Waals surface area contributed by atoms with E-state index in [1.54, 1.807) is 18.4 Å². The highest BCUT2D eigenvalue weighted by Crippen LogP contribution is 2.22. The molecule has 0 bridgehead atoms. The van der Waals surface area contributed by atoms with Gasteiger partial charge in [-0.05, 0) is 55.4 Å². The molecule has 2 rings (SSSR count). The summed E-state index contributed by atoms with van der Waals surface area (Å²) < 4.78 is 33.7. The van der Waals surface area contributed by atoms with Crippen LogP contribution in [-0.4, -0.2) is 10.8 Å².